The van der Waals surface area contributed by atoms with Crippen molar-refractivity contribution in [3.8, 4) is 11.5 Å². The maximum absolute atomic E-state index is 8.27. The summed E-state index contributed by atoms with van der Waals surface area (Å²) in [4.78, 5) is 13.2. The van der Waals surface area contributed by atoms with Gasteiger partial charge in [-0.25, -0.2) is 9.97 Å². The van der Waals surface area contributed by atoms with E-state index >= 15 is 0 Å². The zero-order valence-corrected chi connectivity index (χ0v) is 19.3. The van der Waals surface area contributed by atoms with Gasteiger partial charge in [-0.1, -0.05) is 23.7 Å². The molecule has 2 heterocycles. The van der Waals surface area contributed by atoms with Crippen molar-refractivity contribution >= 4 is 34.5 Å². The number of hydrogen-bond donors (Lipinski definition) is 2. The lowest BCUT2D eigenvalue weighted by molar-refractivity contribution is 0.394. The standard InChI is InChI=1S/C23H22ClN5O2S/c1-30-16-7-8-17(31-2)18(11-16)32-22-27-19-20(25)26-13-29(21(19)28-22)12-23(9-10-23)14-3-5-15(24)6-4-14/h3-8,11,13,25H,9-10,12H2,1-2H3,(H,27,28). The monoisotopic (exact) mass is 467 g/mol. The highest BCUT2D eigenvalue weighted by Crippen LogP contribution is 2.50. The molecule has 2 aromatic carbocycles. The molecule has 2 N–H and O–H groups in total. The van der Waals surface area contributed by atoms with Gasteiger partial charge in [0.25, 0.3) is 0 Å². The number of nitrogens with zero attached hydrogens (tertiary/aromatic N) is 3. The number of hydrogen-bond acceptors (Lipinski definition) is 6. The Morgan fingerprint density at radius 1 is 1.16 bits per heavy atom. The predicted octanol–water partition coefficient (Wildman–Crippen LogP) is 4.79. The molecule has 0 atom stereocenters. The number of methoxy groups -OCH3 is 2. The first-order valence-electron chi connectivity index (χ1n) is 10.2. The van der Waals surface area contributed by atoms with Gasteiger partial charge in [0.1, 0.15) is 17.0 Å². The number of aromatic nitrogens is 4. The summed E-state index contributed by atoms with van der Waals surface area (Å²) in [6.07, 6.45) is 3.90. The summed E-state index contributed by atoms with van der Waals surface area (Å²) in [5.41, 5.74) is 2.82. The maximum Gasteiger partial charge on any atom is 0.173 e. The van der Waals surface area contributed by atoms with Crippen molar-refractivity contribution in [1.29, 1.82) is 5.41 Å². The van der Waals surface area contributed by atoms with Gasteiger partial charge in [-0.3, -0.25) is 5.41 Å². The Morgan fingerprint density at radius 2 is 1.94 bits per heavy atom. The molecule has 164 valence electrons. The van der Waals surface area contributed by atoms with Gasteiger partial charge in [0.15, 0.2) is 16.3 Å². The molecule has 0 bridgehead atoms. The molecule has 7 nitrogen and oxygen atoms in total. The van der Waals surface area contributed by atoms with Crippen LogP contribution in [-0.4, -0.2) is 33.7 Å². The number of halogens is 1. The van der Waals surface area contributed by atoms with E-state index in [0.717, 1.165) is 46.5 Å². The maximum atomic E-state index is 8.27. The van der Waals surface area contributed by atoms with Crippen molar-refractivity contribution in [1.82, 2.24) is 19.5 Å². The first-order valence-corrected chi connectivity index (χ1v) is 11.4. The largest absolute Gasteiger partial charge is 0.497 e. The molecule has 4 aromatic rings. The Morgan fingerprint density at radius 3 is 2.62 bits per heavy atom. The van der Waals surface area contributed by atoms with E-state index in [2.05, 4.69) is 22.1 Å². The summed E-state index contributed by atoms with van der Waals surface area (Å²) in [6, 6.07) is 13.7. The van der Waals surface area contributed by atoms with Crippen LogP contribution in [0.3, 0.4) is 0 Å². The van der Waals surface area contributed by atoms with E-state index in [-0.39, 0.29) is 10.9 Å². The number of imidazole rings is 1. The zero-order chi connectivity index (χ0) is 22.3. The molecule has 1 aliphatic carbocycles. The summed E-state index contributed by atoms with van der Waals surface area (Å²) in [7, 11) is 3.27. The molecule has 0 spiro atoms. The SMILES string of the molecule is COc1ccc(OC)c(Sc2nc3c([nH]2)c(=N)ncn3CC2(c3ccc(Cl)cc3)CC2)c1. The van der Waals surface area contributed by atoms with Gasteiger partial charge in [-0.2, -0.15) is 0 Å². The first kappa shape index (κ1) is 20.9. The van der Waals surface area contributed by atoms with Crippen molar-refractivity contribution in [2.75, 3.05) is 14.2 Å². The number of nitrogens with one attached hydrogen (secondary N) is 2. The molecule has 1 fully saturated rings. The van der Waals surface area contributed by atoms with Crippen molar-refractivity contribution in [2.45, 2.75) is 34.9 Å². The second kappa shape index (κ2) is 8.18. The molecule has 2 aromatic heterocycles. The van der Waals surface area contributed by atoms with E-state index in [1.165, 1.54) is 17.3 Å². The van der Waals surface area contributed by atoms with Gasteiger partial charge >= 0.3 is 0 Å². The summed E-state index contributed by atoms with van der Waals surface area (Å²) in [5.74, 6) is 1.47. The Bertz CT molecular complexity index is 1350. The van der Waals surface area contributed by atoms with E-state index in [9.17, 15) is 0 Å². The molecule has 5 rings (SSSR count). The van der Waals surface area contributed by atoms with Crippen LogP contribution in [0.2, 0.25) is 5.02 Å². The Hall–Kier alpha value is -2.97. The van der Waals surface area contributed by atoms with E-state index < -0.39 is 0 Å². The lowest BCUT2D eigenvalue weighted by atomic mass is 9.96. The summed E-state index contributed by atoms with van der Waals surface area (Å²) in [6.45, 7) is 0.746. The number of rotatable bonds is 7. The molecule has 0 unspecified atom stereocenters. The Balaban J connectivity index is 1.50. The van der Waals surface area contributed by atoms with Gasteiger partial charge in [-0.15, -0.1) is 0 Å². The summed E-state index contributed by atoms with van der Waals surface area (Å²) in [5, 5.41) is 9.67. The van der Waals surface area contributed by atoms with Gasteiger partial charge in [-0.05, 0) is 60.5 Å². The summed E-state index contributed by atoms with van der Waals surface area (Å²) >= 11 is 7.51. The van der Waals surface area contributed by atoms with Crippen molar-refractivity contribution in [2.24, 2.45) is 0 Å². The molecule has 9 heteroatoms. The quantitative estimate of drug-likeness (QED) is 0.408. The van der Waals surface area contributed by atoms with Crippen LogP contribution in [0.1, 0.15) is 18.4 Å². The van der Waals surface area contributed by atoms with E-state index in [1.807, 2.05) is 34.9 Å². The lowest BCUT2D eigenvalue weighted by Crippen LogP contribution is -2.20. The van der Waals surface area contributed by atoms with Crippen LogP contribution < -0.4 is 15.0 Å². The van der Waals surface area contributed by atoms with E-state index in [0.29, 0.717) is 10.7 Å². The van der Waals surface area contributed by atoms with Gasteiger partial charge in [0, 0.05) is 17.0 Å². The number of aromatic amines is 1. The van der Waals surface area contributed by atoms with Crippen LogP contribution >= 0.6 is 23.4 Å². The number of fused-ring (bicyclic) bond motifs is 1. The fourth-order valence-electron chi connectivity index (χ4n) is 3.91. The van der Waals surface area contributed by atoms with Crippen molar-refractivity contribution < 1.29 is 9.47 Å². The second-order valence-corrected chi connectivity index (χ2v) is 9.33. The van der Waals surface area contributed by atoms with Crippen LogP contribution in [0, 0.1) is 5.41 Å². The van der Waals surface area contributed by atoms with E-state index in [1.54, 1.807) is 20.5 Å². The van der Waals surface area contributed by atoms with Crippen LogP contribution in [-0.2, 0) is 12.0 Å². The third-order valence-electron chi connectivity index (χ3n) is 5.86. The molecule has 1 saturated carbocycles. The smallest absolute Gasteiger partial charge is 0.173 e. The van der Waals surface area contributed by atoms with E-state index in [4.69, 9.17) is 31.5 Å². The topological polar surface area (TPSA) is 88.8 Å². The molecule has 1 aliphatic rings. The zero-order valence-electron chi connectivity index (χ0n) is 17.7. The number of ether oxygens (including phenoxy) is 2. The lowest BCUT2D eigenvalue weighted by Gasteiger charge is -2.18. The van der Waals surface area contributed by atoms with Crippen LogP contribution in [0.25, 0.3) is 11.2 Å². The highest BCUT2D eigenvalue weighted by Gasteiger charge is 2.44. The molecule has 0 saturated heterocycles. The van der Waals surface area contributed by atoms with Crippen LogP contribution in [0.4, 0.5) is 0 Å². The average molecular weight is 468 g/mol. The Labute approximate surface area is 194 Å². The van der Waals surface area contributed by atoms with Crippen LogP contribution in [0.5, 0.6) is 11.5 Å². The normalized spacial score (nSPS) is 14.5. The van der Waals surface area contributed by atoms with Crippen molar-refractivity contribution in [3.05, 3.63) is 64.9 Å². The number of H-pyrrole nitrogens is 1. The minimum absolute atomic E-state index is 0.0513. The van der Waals surface area contributed by atoms with Gasteiger partial charge < -0.3 is 19.0 Å². The first-order chi connectivity index (χ1) is 15.5. The average Bonchev–Trinajstić information content (AvgIpc) is 3.46. The van der Waals surface area contributed by atoms with Crippen LogP contribution in [0.15, 0.2) is 58.8 Å². The number of benzene rings is 2. The molecule has 0 amide bonds. The molecule has 0 aliphatic heterocycles. The highest BCUT2D eigenvalue weighted by molar-refractivity contribution is 7.99. The highest BCUT2D eigenvalue weighted by atomic mass is 35.5. The second-order valence-electron chi connectivity index (χ2n) is 7.87. The molecular weight excluding hydrogens is 446 g/mol. The fraction of sp³-hybridized carbons (Fsp3) is 0.261. The molecule has 0 radical (unpaired) electrons. The van der Waals surface area contributed by atoms with Gasteiger partial charge in [0.2, 0.25) is 0 Å². The van der Waals surface area contributed by atoms with Crippen molar-refractivity contribution in [3.63, 3.8) is 0 Å². The minimum Gasteiger partial charge on any atom is -0.497 e. The molecule has 32 heavy (non-hydrogen) atoms. The third-order valence-corrected chi connectivity index (χ3v) is 7.04. The summed E-state index contributed by atoms with van der Waals surface area (Å²) < 4.78 is 12.9. The minimum atomic E-state index is 0.0513. The predicted molar refractivity (Wildman–Crippen MR) is 124 cm³/mol. The Kier molecular flexibility index (Phi) is 5.35. The third kappa shape index (κ3) is 3.84. The molecular formula is C23H22ClN5O2S. The fourth-order valence-corrected chi connectivity index (χ4v) is 4.96. The van der Waals surface area contributed by atoms with Gasteiger partial charge in [0.05, 0.1) is 25.4 Å².